The van der Waals surface area contributed by atoms with Crippen molar-refractivity contribution < 1.29 is 9.84 Å². The Labute approximate surface area is 48.5 Å². The third-order valence-electron chi connectivity index (χ3n) is 2.10. The molecular formula is C6H10O2. The van der Waals surface area contributed by atoms with E-state index in [1.807, 2.05) is 0 Å². The van der Waals surface area contributed by atoms with Gasteiger partial charge in [0.25, 0.3) is 0 Å². The molecule has 2 rings (SSSR count). The lowest BCUT2D eigenvalue weighted by molar-refractivity contribution is -0.156. The molecule has 0 unspecified atom stereocenters. The molecule has 2 saturated heterocycles. The average molecular weight is 114 g/mol. The van der Waals surface area contributed by atoms with Gasteiger partial charge in [0.1, 0.15) is 0 Å². The average Bonchev–Trinajstić information content (AvgIpc) is 2.21. The summed E-state index contributed by atoms with van der Waals surface area (Å²) in [6.45, 7) is 0. The van der Waals surface area contributed by atoms with Gasteiger partial charge in [-0.2, -0.15) is 0 Å². The van der Waals surface area contributed by atoms with Crippen LogP contribution in [-0.2, 0) is 4.74 Å². The van der Waals surface area contributed by atoms with Gasteiger partial charge in [-0.3, -0.25) is 0 Å². The van der Waals surface area contributed by atoms with E-state index in [0.29, 0.717) is 6.10 Å². The molecular weight excluding hydrogens is 104 g/mol. The van der Waals surface area contributed by atoms with E-state index in [1.165, 1.54) is 0 Å². The van der Waals surface area contributed by atoms with Crippen molar-refractivity contribution in [3.05, 3.63) is 0 Å². The Morgan fingerprint density at radius 2 is 2.00 bits per heavy atom. The fourth-order valence-corrected chi connectivity index (χ4v) is 1.59. The maximum Gasteiger partial charge on any atom is 0.165 e. The van der Waals surface area contributed by atoms with Gasteiger partial charge in [-0.05, 0) is 12.8 Å². The highest BCUT2D eigenvalue weighted by molar-refractivity contribution is 4.87. The molecule has 2 aliphatic rings. The largest absolute Gasteiger partial charge is 0.365 e. The first-order valence-corrected chi connectivity index (χ1v) is 3.19. The predicted molar refractivity (Wildman–Crippen MR) is 28.3 cm³/mol. The van der Waals surface area contributed by atoms with Crippen LogP contribution in [0.4, 0.5) is 0 Å². The first kappa shape index (κ1) is 4.77. The molecule has 0 radical (unpaired) electrons. The number of ether oxygens (including phenoxy) is 1. The maximum atomic E-state index is 9.32. The van der Waals surface area contributed by atoms with Gasteiger partial charge in [0.05, 0.1) is 6.10 Å². The molecule has 8 heavy (non-hydrogen) atoms. The predicted octanol–water partition coefficient (Wildman–Crippen LogP) is 0.648. The van der Waals surface area contributed by atoms with Gasteiger partial charge in [-0.1, -0.05) is 0 Å². The van der Waals surface area contributed by atoms with Crippen LogP contribution in [-0.4, -0.2) is 17.0 Å². The van der Waals surface area contributed by atoms with Gasteiger partial charge in [-0.15, -0.1) is 0 Å². The van der Waals surface area contributed by atoms with Crippen LogP contribution >= 0.6 is 0 Å². The normalized spacial score (nSPS) is 52.9. The molecule has 2 fully saturated rings. The quantitative estimate of drug-likeness (QED) is 0.501. The van der Waals surface area contributed by atoms with E-state index >= 15 is 0 Å². The maximum absolute atomic E-state index is 9.32. The Morgan fingerprint density at radius 1 is 1.38 bits per heavy atom. The minimum absolute atomic E-state index is 0.389. The molecule has 0 amide bonds. The van der Waals surface area contributed by atoms with E-state index in [-0.39, 0.29) is 0 Å². The van der Waals surface area contributed by atoms with E-state index in [1.54, 1.807) is 0 Å². The van der Waals surface area contributed by atoms with E-state index < -0.39 is 5.79 Å². The van der Waals surface area contributed by atoms with Crippen molar-refractivity contribution in [1.82, 2.24) is 0 Å². The highest BCUT2D eigenvalue weighted by Gasteiger charge is 2.44. The summed E-state index contributed by atoms with van der Waals surface area (Å²) in [5.74, 6) is -0.690. The van der Waals surface area contributed by atoms with Gasteiger partial charge < -0.3 is 9.84 Å². The molecule has 46 valence electrons. The van der Waals surface area contributed by atoms with Gasteiger partial charge in [0.2, 0.25) is 0 Å². The minimum atomic E-state index is -0.690. The molecule has 2 bridgehead atoms. The molecule has 0 aromatic carbocycles. The Kier molecular flexibility index (Phi) is 0.746. The standard InChI is InChI=1S/C6H10O2/c7-6-3-1-5(8-6)2-4-6/h5,7H,1-4H2. The Hall–Kier alpha value is -0.0800. The Balaban J connectivity index is 2.19. The third-order valence-corrected chi connectivity index (χ3v) is 2.10. The number of aliphatic hydroxyl groups is 1. The lowest BCUT2D eigenvalue weighted by atomic mass is 9.98. The summed E-state index contributed by atoms with van der Waals surface area (Å²) >= 11 is 0. The van der Waals surface area contributed by atoms with Crippen molar-refractivity contribution >= 4 is 0 Å². The number of hydrogen-bond donors (Lipinski definition) is 1. The van der Waals surface area contributed by atoms with E-state index in [0.717, 1.165) is 25.7 Å². The van der Waals surface area contributed by atoms with Crippen molar-refractivity contribution in [1.29, 1.82) is 0 Å². The van der Waals surface area contributed by atoms with Gasteiger partial charge in [0, 0.05) is 12.8 Å². The molecule has 2 aliphatic heterocycles. The lowest BCUT2D eigenvalue weighted by Crippen LogP contribution is -2.22. The second-order valence-electron chi connectivity index (χ2n) is 2.76. The highest BCUT2D eigenvalue weighted by Crippen LogP contribution is 2.41. The second-order valence-corrected chi connectivity index (χ2v) is 2.76. The molecule has 2 heterocycles. The topological polar surface area (TPSA) is 29.5 Å². The van der Waals surface area contributed by atoms with Crippen LogP contribution in [0.15, 0.2) is 0 Å². The van der Waals surface area contributed by atoms with E-state index in [4.69, 9.17) is 4.74 Å². The number of hydrogen-bond acceptors (Lipinski definition) is 2. The van der Waals surface area contributed by atoms with E-state index in [2.05, 4.69) is 0 Å². The minimum Gasteiger partial charge on any atom is -0.365 e. The molecule has 0 aromatic rings. The summed E-state index contributed by atoms with van der Waals surface area (Å²) in [6, 6.07) is 0. The highest BCUT2D eigenvalue weighted by atomic mass is 16.6. The summed E-state index contributed by atoms with van der Waals surface area (Å²) in [7, 11) is 0. The molecule has 2 heteroatoms. The van der Waals surface area contributed by atoms with Crippen molar-refractivity contribution in [2.45, 2.75) is 37.6 Å². The monoisotopic (exact) mass is 114 g/mol. The zero-order valence-corrected chi connectivity index (χ0v) is 4.76. The van der Waals surface area contributed by atoms with Gasteiger partial charge >= 0.3 is 0 Å². The van der Waals surface area contributed by atoms with Gasteiger partial charge in [0.15, 0.2) is 5.79 Å². The third kappa shape index (κ3) is 0.501. The van der Waals surface area contributed by atoms with Crippen molar-refractivity contribution in [3.63, 3.8) is 0 Å². The van der Waals surface area contributed by atoms with Crippen LogP contribution in [0.1, 0.15) is 25.7 Å². The molecule has 0 aliphatic carbocycles. The fourth-order valence-electron chi connectivity index (χ4n) is 1.59. The molecule has 0 aromatic heterocycles. The molecule has 0 spiro atoms. The second kappa shape index (κ2) is 1.25. The zero-order chi connectivity index (χ0) is 5.61. The van der Waals surface area contributed by atoms with Gasteiger partial charge in [-0.25, -0.2) is 0 Å². The van der Waals surface area contributed by atoms with Crippen LogP contribution in [0.25, 0.3) is 0 Å². The smallest absolute Gasteiger partial charge is 0.165 e. The lowest BCUT2D eigenvalue weighted by Gasteiger charge is -2.14. The van der Waals surface area contributed by atoms with Crippen molar-refractivity contribution in [2.24, 2.45) is 0 Å². The van der Waals surface area contributed by atoms with E-state index in [9.17, 15) is 5.11 Å². The van der Waals surface area contributed by atoms with Crippen LogP contribution in [0.2, 0.25) is 0 Å². The number of rotatable bonds is 0. The molecule has 0 atom stereocenters. The van der Waals surface area contributed by atoms with Crippen LogP contribution < -0.4 is 0 Å². The molecule has 2 nitrogen and oxygen atoms in total. The summed E-state index contributed by atoms with van der Waals surface area (Å²) in [5.41, 5.74) is 0. The SMILES string of the molecule is OC12CCC(CC1)O2. The van der Waals surface area contributed by atoms with Crippen molar-refractivity contribution in [2.75, 3.05) is 0 Å². The van der Waals surface area contributed by atoms with Crippen LogP contribution in [0.3, 0.4) is 0 Å². The summed E-state index contributed by atoms with van der Waals surface area (Å²) < 4.78 is 5.22. The van der Waals surface area contributed by atoms with Crippen LogP contribution in [0.5, 0.6) is 0 Å². The first-order chi connectivity index (χ1) is 3.79. The fraction of sp³-hybridized carbons (Fsp3) is 1.00. The summed E-state index contributed by atoms with van der Waals surface area (Å²) in [5, 5.41) is 9.32. The summed E-state index contributed by atoms with van der Waals surface area (Å²) in [4.78, 5) is 0. The molecule has 1 N–H and O–H groups in total. The Morgan fingerprint density at radius 3 is 2.12 bits per heavy atom. The first-order valence-electron chi connectivity index (χ1n) is 3.19. The zero-order valence-electron chi connectivity index (χ0n) is 4.76. The molecule has 0 saturated carbocycles. The van der Waals surface area contributed by atoms with Crippen molar-refractivity contribution in [3.8, 4) is 0 Å². The summed E-state index contributed by atoms with van der Waals surface area (Å²) in [6.07, 6.45) is 4.24. The number of fused-ring (bicyclic) bond motifs is 2. The van der Waals surface area contributed by atoms with Crippen LogP contribution in [0, 0.1) is 0 Å². The Bertz CT molecular complexity index is 103.